The van der Waals surface area contributed by atoms with E-state index in [1.54, 1.807) is 0 Å². The molecule has 0 spiro atoms. The van der Waals surface area contributed by atoms with Gasteiger partial charge in [0.2, 0.25) is 0 Å². The van der Waals surface area contributed by atoms with Crippen LogP contribution in [-0.4, -0.2) is 25.4 Å². The number of hydrogen-bond donors (Lipinski definition) is 2. The van der Waals surface area contributed by atoms with Crippen molar-refractivity contribution >= 4 is 0 Å². The molecule has 0 saturated carbocycles. The summed E-state index contributed by atoms with van der Waals surface area (Å²) >= 11 is 0. The lowest BCUT2D eigenvalue weighted by atomic mass is 10.1. The number of benzene rings is 1. The lowest BCUT2D eigenvalue weighted by Crippen LogP contribution is -2.35. The van der Waals surface area contributed by atoms with Crippen LogP contribution in [0.3, 0.4) is 0 Å². The molecule has 0 saturated heterocycles. The summed E-state index contributed by atoms with van der Waals surface area (Å²) in [6, 6.07) is 10.4. The minimum Gasteiger partial charge on any atom is -0.359 e. The monoisotopic (exact) mass is 222 g/mol. The molecular formula is C13H22N2O. The molecule has 0 bridgehead atoms. The molecule has 90 valence electrons. The van der Waals surface area contributed by atoms with Crippen LogP contribution in [0.2, 0.25) is 0 Å². The van der Waals surface area contributed by atoms with Crippen LogP contribution in [0.15, 0.2) is 30.3 Å². The predicted molar refractivity (Wildman–Crippen MR) is 67.2 cm³/mol. The van der Waals surface area contributed by atoms with Gasteiger partial charge in [-0.1, -0.05) is 30.3 Å². The molecule has 0 aliphatic heterocycles. The van der Waals surface area contributed by atoms with Gasteiger partial charge in [-0.05, 0) is 25.8 Å². The molecule has 2 unspecified atom stereocenters. The average molecular weight is 222 g/mol. The lowest BCUT2D eigenvalue weighted by molar-refractivity contribution is -0.00489. The van der Waals surface area contributed by atoms with Gasteiger partial charge in [-0.15, -0.1) is 0 Å². The molecule has 0 radical (unpaired) electrons. The van der Waals surface area contributed by atoms with Crippen molar-refractivity contribution < 1.29 is 4.74 Å². The Balaban J connectivity index is 2.15. The van der Waals surface area contributed by atoms with E-state index in [-0.39, 0.29) is 12.3 Å². The summed E-state index contributed by atoms with van der Waals surface area (Å²) in [6.07, 6.45) is 1.19. The molecule has 3 heteroatoms. The van der Waals surface area contributed by atoms with E-state index in [1.165, 1.54) is 5.56 Å². The molecule has 2 atom stereocenters. The number of nitrogens with two attached hydrogens (primary N) is 1. The van der Waals surface area contributed by atoms with Crippen molar-refractivity contribution in [1.29, 1.82) is 0 Å². The largest absolute Gasteiger partial charge is 0.359 e. The third-order valence-electron chi connectivity index (χ3n) is 2.46. The summed E-state index contributed by atoms with van der Waals surface area (Å²) in [5, 5.41) is 3.32. The highest BCUT2D eigenvalue weighted by atomic mass is 16.5. The van der Waals surface area contributed by atoms with Crippen LogP contribution < -0.4 is 11.1 Å². The van der Waals surface area contributed by atoms with Crippen molar-refractivity contribution in [3.8, 4) is 0 Å². The van der Waals surface area contributed by atoms with Crippen molar-refractivity contribution in [1.82, 2.24) is 5.32 Å². The summed E-state index contributed by atoms with van der Waals surface area (Å²) in [6.45, 7) is 5.47. The molecule has 0 aromatic heterocycles. The van der Waals surface area contributed by atoms with Gasteiger partial charge < -0.3 is 10.5 Å². The van der Waals surface area contributed by atoms with Crippen molar-refractivity contribution in [2.75, 3.05) is 13.1 Å². The maximum atomic E-state index is 5.60. The van der Waals surface area contributed by atoms with Crippen molar-refractivity contribution in [2.24, 2.45) is 5.73 Å². The van der Waals surface area contributed by atoms with Gasteiger partial charge in [0.15, 0.2) is 0 Å². The summed E-state index contributed by atoms with van der Waals surface area (Å²) in [5.74, 6) is 0. The Labute approximate surface area is 98.0 Å². The van der Waals surface area contributed by atoms with E-state index >= 15 is 0 Å². The van der Waals surface area contributed by atoms with Crippen LogP contribution >= 0.6 is 0 Å². The summed E-state index contributed by atoms with van der Waals surface area (Å²) in [5.41, 5.74) is 6.83. The zero-order valence-corrected chi connectivity index (χ0v) is 10.1. The van der Waals surface area contributed by atoms with Gasteiger partial charge >= 0.3 is 0 Å². The molecule has 0 aliphatic rings. The number of ether oxygens (including phenoxy) is 1. The highest BCUT2D eigenvalue weighted by molar-refractivity contribution is 5.14. The minimum absolute atomic E-state index is 0.0577. The molecule has 1 aromatic carbocycles. The molecule has 0 fully saturated rings. The normalized spacial score (nSPS) is 14.7. The predicted octanol–water partition coefficient (Wildman–Crippen LogP) is 1.53. The van der Waals surface area contributed by atoms with Gasteiger partial charge in [0.1, 0.15) is 6.23 Å². The van der Waals surface area contributed by atoms with Gasteiger partial charge in [0.05, 0.1) is 6.10 Å². The fraction of sp³-hybridized carbons (Fsp3) is 0.538. The van der Waals surface area contributed by atoms with Crippen LogP contribution in [0.5, 0.6) is 0 Å². The Morgan fingerprint density at radius 3 is 2.56 bits per heavy atom. The first kappa shape index (κ1) is 13.2. The van der Waals surface area contributed by atoms with E-state index in [1.807, 2.05) is 19.9 Å². The number of rotatable bonds is 7. The van der Waals surface area contributed by atoms with E-state index in [0.29, 0.717) is 6.54 Å². The zero-order valence-electron chi connectivity index (χ0n) is 10.1. The van der Waals surface area contributed by atoms with E-state index < -0.39 is 0 Å². The highest BCUT2D eigenvalue weighted by Crippen LogP contribution is 1.99. The molecule has 0 amide bonds. The third kappa shape index (κ3) is 5.26. The topological polar surface area (TPSA) is 47.3 Å². The van der Waals surface area contributed by atoms with E-state index in [2.05, 4.69) is 29.6 Å². The molecule has 16 heavy (non-hydrogen) atoms. The van der Waals surface area contributed by atoms with E-state index in [4.69, 9.17) is 10.5 Å². The van der Waals surface area contributed by atoms with Gasteiger partial charge in [0.25, 0.3) is 0 Å². The highest BCUT2D eigenvalue weighted by Gasteiger charge is 2.05. The smallest absolute Gasteiger partial charge is 0.105 e. The zero-order chi connectivity index (χ0) is 11.8. The van der Waals surface area contributed by atoms with Crippen molar-refractivity contribution in [2.45, 2.75) is 32.6 Å². The third-order valence-corrected chi connectivity index (χ3v) is 2.46. The summed E-state index contributed by atoms with van der Waals surface area (Å²) in [4.78, 5) is 0. The molecule has 3 nitrogen and oxygen atoms in total. The molecular weight excluding hydrogens is 200 g/mol. The minimum atomic E-state index is 0.0577. The first-order valence-electron chi connectivity index (χ1n) is 5.85. The molecule has 1 rings (SSSR count). The first-order chi connectivity index (χ1) is 7.72. The second-order valence-electron chi connectivity index (χ2n) is 4.01. The number of nitrogens with one attached hydrogen (secondary N) is 1. The lowest BCUT2D eigenvalue weighted by Gasteiger charge is -2.19. The summed E-state index contributed by atoms with van der Waals surface area (Å²) < 4.78 is 5.60. The quantitative estimate of drug-likeness (QED) is 0.688. The SMILES string of the molecule is CC(CN)OC(C)NCCc1ccccc1. The second-order valence-corrected chi connectivity index (χ2v) is 4.01. The van der Waals surface area contributed by atoms with Crippen molar-refractivity contribution in [3.05, 3.63) is 35.9 Å². The number of hydrogen-bond acceptors (Lipinski definition) is 3. The van der Waals surface area contributed by atoms with Crippen LogP contribution in [0.1, 0.15) is 19.4 Å². The van der Waals surface area contributed by atoms with Gasteiger partial charge in [0, 0.05) is 13.1 Å². The van der Waals surface area contributed by atoms with Crippen LogP contribution in [-0.2, 0) is 11.2 Å². The van der Waals surface area contributed by atoms with Gasteiger partial charge in [-0.25, -0.2) is 0 Å². The van der Waals surface area contributed by atoms with Crippen molar-refractivity contribution in [3.63, 3.8) is 0 Å². The van der Waals surface area contributed by atoms with Gasteiger partial charge in [-0.3, -0.25) is 5.32 Å². The molecule has 0 aliphatic carbocycles. The summed E-state index contributed by atoms with van der Waals surface area (Å²) in [7, 11) is 0. The maximum Gasteiger partial charge on any atom is 0.105 e. The molecule has 0 heterocycles. The first-order valence-corrected chi connectivity index (χ1v) is 5.85. The Morgan fingerprint density at radius 1 is 1.25 bits per heavy atom. The Hall–Kier alpha value is -0.900. The van der Waals surface area contributed by atoms with E-state index in [0.717, 1.165) is 13.0 Å². The Kier molecular flexibility index (Phi) is 6.08. The van der Waals surface area contributed by atoms with Crippen LogP contribution in [0.4, 0.5) is 0 Å². The van der Waals surface area contributed by atoms with Crippen LogP contribution in [0.25, 0.3) is 0 Å². The molecule has 1 aromatic rings. The van der Waals surface area contributed by atoms with Gasteiger partial charge in [-0.2, -0.15) is 0 Å². The Morgan fingerprint density at radius 2 is 1.94 bits per heavy atom. The van der Waals surface area contributed by atoms with E-state index in [9.17, 15) is 0 Å². The fourth-order valence-corrected chi connectivity index (χ4v) is 1.52. The standard InChI is InChI=1S/C13H22N2O/c1-11(10-14)16-12(2)15-9-8-13-6-4-3-5-7-13/h3-7,11-12,15H,8-10,14H2,1-2H3. The average Bonchev–Trinajstić information content (AvgIpc) is 2.30. The van der Waals surface area contributed by atoms with Crippen LogP contribution in [0, 0.1) is 0 Å². The molecule has 3 N–H and O–H groups in total. The fourth-order valence-electron chi connectivity index (χ4n) is 1.52. The Bertz CT molecular complexity index is 277. The second kappa shape index (κ2) is 7.39. The maximum absolute atomic E-state index is 5.60.